The van der Waals surface area contributed by atoms with Crippen LogP contribution in [0.5, 0.6) is 11.5 Å². The number of halogens is 2. The van der Waals surface area contributed by atoms with Crippen LogP contribution < -0.4 is 14.8 Å². The van der Waals surface area contributed by atoms with Crippen molar-refractivity contribution in [3.8, 4) is 44.7 Å². The molecule has 0 aliphatic rings. The standard InChI is InChI=1S/C24H22Cl2N4O2S/c1-4-9-27-24-28-13-21(33-24)19-12-20(22-17(25)10-16(32-3)11-18(22)26)30-23(29-19)14-5-7-15(31-2)8-6-14/h5-8,10-13H,4,9H2,1-3H3,(H,27,28). The first-order valence-electron chi connectivity index (χ1n) is 10.3. The second-order valence-electron chi connectivity index (χ2n) is 7.11. The molecule has 2 aromatic heterocycles. The Kier molecular flexibility index (Phi) is 7.33. The number of anilines is 1. The normalized spacial score (nSPS) is 10.8. The fourth-order valence-electron chi connectivity index (χ4n) is 3.19. The smallest absolute Gasteiger partial charge is 0.183 e. The number of aromatic nitrogens is 3. The average Bonchev–Trinajstić information content (AvgIpc) is 3.31. The molecule has 0 bridgehead atoms. The predicted molar refractivity (Wildman–Crippen MR) is 136 cm³/mol. The molecule has 0 fully saturated rings. The van der Waals surface area contributed by atoms with Crippen LogP contribution in [-0.4, -0.2) is 35.7 Å². The van der Waals surface area contributed by atoms with E-state index in [0.717, 1.165) is 40.0 Å². The number of rotatable bonds is 8. The molecule has 4 aromatic rings. The Hall–Kier alpha value is -2.87. The molecule has 0 radical (unpaired) electrons. The lowest BCUT2D eigenvalue weighted by atomic mass is 10.1. The largest absolute Gasteiger partial charge is 0.497 e. The van der Waals surface area contributed by atoms with Gasteiger partial charge in [-0.05, 0) is 48.9 Å². The molecule has 0 unspecified atom stereocenters. The Bertz CT molecular complexity index is 1240. The second-order valence-corrected chi connectivity index (χ2v) is 8.96. The van der Waals surface area contributed by atoms with Crippen molar-refractivity contribution in [1.82, 2.24) is 15.0 Å². The first-order valence-corrected chi connectivity index (χ1v) is 11.9. The van der Waals surface area contributed by atoms with Crippen LogP contribution in [0.25, 0.3) is 33.2 Å². The first-order chi connectivity index (χ1) is 16.0. The van der Waals surface area contributed by atoms with Crippen LogP contribution >= 0.6 is 34.5 Å². The van der Waals surface area contributed by atoms with Gasteiger partial charge < -0.3 is 14.8 Å². The van der Waals surface area contributed by atoms with Crippen molar-refractivity contribution in [2.24, 2.45) is 0 Å². The van der Waals surface area contributed by atoms with Gasteiger partial charge in [-0.3, -0.25) is 0 Å². The van der Waals surface area contributed by atoms with E-state index in [0.29, 0.717) is 32.9 Å². The monoisotopic (exact) mass is 500 g/mol. The van der Waals surface area contributed by atoms with Crippen molar-refractivity contribution in [2.75, 3.05) is 26.1 Å². The number of nitrogens with one attached hydrogen (secondary N) is 1. The molecule has 0 aliphatic carbocycles. The lowest BCUT2D eigenvalue weighted by Gasteiger charge is -2.12. The predicted octanol–water partition coefficient (Wildman–Crippen LogP) is 7.08. The van der Waals surface area contributed by atoms with Crippen molar-refractivity contribution in [3.05, 3.63) is 58.7 Å². The average molecular weight is 501 g/mol. The minimum atomic E-state index is 0.444. The molecule has 0 spiro atoms. The summed E-state index contributed by atoms with van der Waals surface area (Å²) in [5.41, 5.74) is 2.80. The summed E-state index contributed by atoms with van der Waals surface area (Å²) in [5, 5.41) is 5.05. The topological polar surface area (TPSA) is 69.2 Å². The van der Waals surface area contributed by atoms with Crippen LogP contribution in [0.15, 0.2) is 48.7 Å². The molecule has 170 valence electrons. The van der Waals surface area contributed by atoms with Crippen LogP contribution in [0.1, 0.15) is 13.3 Å². The van der Waals surface area contributed by atoms with Crippen molar-refractivity contribution in [3.63, 3.8) is 0 Å². The molecular formula is C24H22Cl2N4O2S. The van der Waals surface area contributed by atoms with Gasteiger partial charge in [0.05, 0.1) is 40.5 Å². The Morgan fingerprint density at radius 1 is 0.909 bits per heavy atom. The number of benzene rings is 2. The molecule has 0 saturated heterocycles. The fourth-order valence-corrected chi connectivity index (χ4v) is 4.65. The van der Waals surface area contributed by atoms with E-state index in [1.165, 1.54) is 11.3 Å². The van der Waals surface area contributed by atoms with Crippen molar-refractivity contribution < 1.29 is 9.47 Å². The number of methoxy groups -OCH3 is 2. The maximum Gasteiger partial charge on any atom is 0.183 e. The molecular weight excluding hydrogens is 479 g/mol. The molecule has 1 N–H and O–H groups in total. The van der Waals surface area contributed by atoms with Crippen LogP contribution in [0.4, 0.5) is 5.13 Å². The molecule has 0 saturated carbocycles. The molecule has 6 nitrogen and oxygen atoms in total. The lowest BCUT2D eigenvalue weighted by Crippen LogP contribution is -1.98. The van der Waals surface area contributed by atoms with Gasteiger partial charge in [0.2, 0.25) is 0 Å². The zero-order chi connectivity index (χ0) is 23.4. The lowest BCUT2D eigenvalue weighted by molar-refractivity contribution is 0.415. The molecule has 0 aliphatic heterocycles. The van der Waals surface area contributed by atoms with Gasteiger partial charge in [0.25, 0.3) is 0 Å². The van der Waals surface area contributed by atoms with E-state index in [2.05, 4.69) is 17.2 Å². The van der Waals surface area contributed by atoms with Gasteiger partial charge in [-0.25, -0.2) is 15.0 Å². The van der Waals surface area contributed by atoms with E-state index in [-0.39, 0.29) is 0 Å². The zero-order valence-corrected chi connectivity index (χ0v) is 20.7. The molecule has 33 heavy (non-hydrogen) atoms. The van der Waals surface area contributed by atoms with Crippen LogP contribution in [-0.2, 0) is 0 Å². The number of nitrogens with zero attached hydrogens (tertiary/aromatic N) is 3. The summed E-state index contributed by atoms with van der Waals surface area (Å²) in [7, 11) is 3.20. The van der Waals surface area contributed by atoms with Gasteiger partial charge in [0.1, 0.15) is 11.5 Å². The van der Waals surface area contributed by atoms with E-state index in [9.17, 15) is 0 Å². The maximum absolute atomic E-state index is 6.58. The third kappa shape index (κ3) is 5.21. The minimum absolute atomic E-state index is 0.444. The van der Waals surface area contributed by atoms with Gasteiger partial charge in [0.15, 0.2) is 11.0 Å². The Balaban J connectivity index is 1.86. The molecule has 4 rings (SSSR count). The molecule has 9 heteroatoms. The maximum atomic E-state index is 6.58. The molecule has 0 amide bonds. The highest BCUT2D eigenvalue weighted by Crippen LogP contribution is 2.40. The van der Waals surface area contributed by atoms with Gasteiger partial charge >= 0.3 is 0 Å². The van der Waals surface area contributed by atoms with Crippen molar-refractivity contribution >= 4 is 39.7 Å². The summed E-state index contributed by atoms with van der Waals surface area (Å²) in [4.78, 5) is 15.0. The van der Waals surface area contributed by atoms with E-state index in [1.807, 2.05) is 36.5 Å². The van der Waals surface area contributed by atoms with Crippen molar-refractivity contribution in [1.29, 1.82) is 0 Å². The first kappa shape index (κ1) is 23.3. The van der Waals surface area contributed by atoms with Gasteiger partial charge in [-0.2, -0.15) is 0 Å². The molecule has 2 heterocycles. The third-order valence-corrected chi connectivity index (χ3v) is 6.44. The Morgan fingerprint density at radius 3 is 2.21 bits per heavy atom. The summed E-state index contributed by atoms with van der Waals surface area (Å²) in [6.45, 7) is 2.97. The van der Waals surface area contributed by atoms with E-state index in [1.54, 1.807) is 26.4 Å². The highest BCUT2D eigenvalue weighted by molar-refractivity contribution is 7.18. The minimum Gasteiger partial charge on any atom is -0.497 e. The Morgan fingerprint density at radius 2 is 1.58 bits per heavy atom. The highest BCUT2D eigenvalue weighted by atomic mass is 35.5. The van der Waals surface area contributed by atoms with Crippen molar-refractivity contribution in [2.45, 2.75) is 13.3 Å². The summed E-state index contributed by atoms with van der Waals surface area (Å²) < 4.78 is 10.6. The fraction of sp³-hybridized carbons (Fsp3) is 0.208. The van der Waals surface area contributed by atoms with Crippen LogP contribution in [0.3, 0.4) is 0 Å². The highest BCUT2D eigenvalue weighted by Gasteiger charge is 2.18. The van der Waals surface area contributed by atoms with Crippen LogP contribution in [0, 0.1) is 0 Å². The van der Waals surface area contributed by atoms with Gasteiger partial charge in [-0.1, -0.05) is 41.5 Å². The summed E-state index contributed by atoms with van der Waals surface area (Å²) in [6.07, 6.45) is 2.83. The molecule has 0 atom stereocenters. The summed E-state index contributed by atoms with van der Waals surface area (Å²) in [6, 6.07) is 12.9. The quantitative estimate of drug-likeness (QED) is 0.278. The number of hydrogen-bond acceptors (Lipinski definition) is 7. The molecule has 2 aromatic carbocycles. The number of hydrogen-bond donors (Lipinski definition) is 1. The SMILES string of the molecule is CCCNc1ncc(-c2cc(-c3c(Cl)cc(OC)cc3Cl)nc(-c3ccc(OC)cc3)n2)s1. The van der Waals surface area contributed by atoms with Gasteiger partial charge in [0, 0.05) is 23.9 Å². The summed E-state index contributed by atoms with van der Waals surface area (Å²) in [5.74, 6) is 1.88. The van der Waals surface area contributed by atoms with Crippen LogP contribution in [0.2, 0.25) is 10.0 Å². The van der Waals surface area contributed by atoms with E-state index < -0.39 is 0 Å². The number of thiazole rings is 1. The zero-order valence-electron chi connectivity index (χ0n) is 18.4. The van der Waals surface area contributed by atoms with Gasteiger partial charge in [-0.15, -0.1) is 0 Å². The summed E-state index contributed by atoms with van der Waals surface area (Å²) >= 11 is 14.7. The Labute approximate surface area is 206 Å². The van der Waals surface area contributed by atoms with E-state index >= 15 is 0 Å². The third-order valence-electron chi connectivity index (χ3n) is 4.87. The van der Waals surface area contributed by atoms with E-state index in [4.69, 9.17) is 42.6 Å². The number of ether oxygens (including phenoxy) is 2. The second kappa shape index (κ2) is 10.4.